The van der Waals surface area contributed by atoms with Crippen molar-refractivity contribution in [1.29, 1.82) is 0 Å². The summed E-state index contributed by atoms with van der Waals surface area (Å²) in [6.45, 7) is 6.14. The van der Waals surface area contributed by atoms with E-state index in [1.54, 1.807) is 12.3 Å². The molecule has 0 radical (unpaired) electrons. The van der Waals surface area contributed by atoms with Crippen LogP contribution < -0.4 is 15.7 Å². The second kappa shape index (κ2) is 9.97. The first-order valence-corrected chi connectivity index (χ1v) is 11.0. The highest BCUT2D eigenvalue weighted by molar-refractivity contribution is 6.32. The van der Waals surface area contributed by atoms with Gasteiger partial charge in [-0.2, -0.15) is 5.10 Å². The predicted octanol–water partition coefficient (Wildman–Crippen LogP) is 4.21. The maximum Gasteiger partial charge on any atom is 0.257 e. The summed E-state index contributed by atoms with van der Waals surface area (Å²) < 4.78 is 5.64. The van der Waals surface area contributed by atoms with Gasteiger partial charge in [-0.3, -0.25) is 14.7 Å². The number of benzene rings is 2. The summed E-state index contributed by atoms with van der Waals surface area (Å²) in [4.78, 5) is 22.2. The fourth-order valence-electron chi connectivity index (χ4n) is 3.63. The SMILES string of the molecule is CC(C)Oc1ccc(/C=N\Nc2nc3c(c(=O)[nH]2)CN(Cc2ccccc2)CC3)cc1Cl. The molecule has 0 aliphatic carbocycles. The van der Waals surface area contributed by atoms with Gasteiger partial charge < -0.3 is 4.74 Å². The smallest absolute Gasteiger partial charge is 0.257 e. The average Bonchev–Trinajstić information content (AvgIpc) is 2.76. The second-order valence-electron chi connectivity index (χ2n) is 8.01. The molecular formula is C24H26ClN5O2. The number of hydrogen-bond acceptors (Lipinski definition) is 6. The highest BCUT2D eigenvalue weighted by atomic mass is 35.5. The van der Waals surface area contributed by atoms with Crippen molar-refractivity contribution in [2.75, 3.05) is 12.0 Å². The molecule has 32 heavy (non-hydrogen) atoms. The van der Waals surface area contributed by atoms with Crippen molar-refractivity contribution in [3.8, 4) is 5.75 Å². The van der Waals surface area contributed by atoms with Crippen molar-refractivity contribution < 1.29 is 4.74 Å². The number of H-pyrrole nitrogens is 1. The molecule has 2 heterocycles. The van der Waals surface area contributed by atoms with E-state index in [-0.39, 0.29) is 11.7 Å². The maximum absolute atomic E-state index is 12.6. The van der Waals surface area contributed by atoms with E-state index in [1.807, 2.05) is 44.2 Å². The van der Waals surface area contributed by atoms with E-state index in [9.17, 15) is 4.79 Å². The van der Waals surface area contributed by atoms with Gasteiger partial charge in [0.1, 0.15) is 5.75 Å². The summed E-state index contributed by atoms with van der Waals surface area (Å²) in [5, 5.41) is 4.70. The van der Waals surface area contributed by atoms with Crippen molar-refractivity contribution in [3.63, 3.8) is 0 Å². The van der Waals surface area contributed by atoms with Gasteiger partial charge in [-0.25, -0.2) is 10.4 Å². The Labute approximate surface area is 192 Å². The Morgan fingerprint density at radius 2 is 2.09 bits per heavy atom. The molecule has 4 rings (SSSR count). The van der Waals surface area contributed by atoms with Crippen LogP contribution in [0.1, 0.15) is 36.2 Å². The molecule has 0 bridgehead atoms. The molecule has 8 heteroatoms. The van der Waals surface area contributed by atoms with Gasteiger partial charge in [-0.15, -0.1) is 0 Å². The quantitative estimate of drug-likeness (QED) is 0.415. The van der Waals surface area contributed by atoms with Gasteiger partial charge in [0, 0.05) is 26.1 Å². The number of halogens is 1. The van der Waals surface area contributed by atoms with E-state index in [2.05, 4.69) is 37.5 Å². The monoisotopic (exact) mass is 451 g/mol. The zero-order valence-corrected chi connectivity index (χ0v) is 18.9. The minimum atomic E-state index is -0.135. The summed E-state index contributed by atoms with van der Waals surface area (Å²) in [7, 11) is 0. The Bertz CT molecular complexity index is 1160. The molecule has 0 amide bonds. The third-order valence-corrected chi connectivity index (χ3v) is 5.39. The third-order valence-electron chi connectivity index (χ3n) is 5.10. The number of ether oxygens (including phenoxy) is 1. The molecule has 1 aliphatic heterocycles. The maximum atomic E-state index is 12.6. The zero-order valence-electron chi connectivity index (χ0n) is 18.1. The third kappa shape index (κ3) is 5.55. The predicted molar refractivity (Wildman–Crippen MR) is 128 cm³/mol. The van der Waals surface area contributed by atoms with Crippen LogP contribution >= 0.6 is 11.6 Å². The number of aromatic nitrogens is 2. The van der Waals surface area contributed by atoms with E-state index >= 15 is 0 Å². The molecule has 7 nitrogen and oxygen atoms in total. The molecule has 0 atom stereocenters. The highest BCUT2D eigenvalue weighted by Gasteiger charge is 2.21. The van der Waals surface area contributed by atoms with Crippen molar-refractivity contribution in [2.24, 2.45) is 5.10 Å². The van der Waals surface area contributed by atoms with Crippen LogP contribution in [0.15, 0.2) is 58.4 Å². The normalized spacial score (nSPS) is 14.0. The Morgan fingerprint density at radius 3 is 2.84 bits per heavy atom. The standard InChI is InChI=1S/C24H26ClN5O2/c1-16(2)32-22-9-8-18(12-20(22)25)13-26-29-24-27-21-10-11-30(15-19(21)23(31)28-24)14-17-6-4-3-5-7-17/h3-9,12-13,16H,10-11,14-15H2,1-2H3,(H2,27,28,29,31)/b26-13-. The Balaban J connectivity index is 1.40. The molecule has 1 aromatic heterocycles. The van der Waals surface area contributed by atoms with Crippen LogP contribution in [0.25, 0.3) is 0 Å². The number of nitrogens with zero attached hydrogens (tertiary/aromatic N) is 3. The van der Waals surface area contributed by atoms with Gasteiger partial charge >= 0.3 is 0 Å². The van der Waals surface area contributed by atoms with Crippen molar-refractivity contribution in [1.82, 2.24) is 14.9 Å². The molecule has 166 valence electrons. The van der Waals surface area contributed by atoms with E-state index in [0.717, 1.165) is 30.8 Å². The lowest BCUT2D eigenvalue weighted by Crippen LogP contribution is -2.35. The van der Waals surface area contributed by atoms with E-state index in [0.29, 0.717) is 28.8 Å². The lowest BCUT2D eigenvalue weighted by molar-refractivity contribution is 0.242. The summed E-state index contributed by atoms with van der Waals surface area (Å²) >= 11 is 6.26. The van der Waals surface area contributed by atoms with Gasteiger partial charge in [0.2, 0.25) is 5.95 Å². The van der Waals surface area contributed by atoms with Gasteiger partial charge in [0.05, 0.1) is 28.6 Å². The van der Waals surface area contributed by atoms with Crippen LogP contribution in [0, 0.1) is 0 Å². The fourth-order valence-corrected chi connectivity index (χ4v) is 3.86. The van der Waals surface area contributed by atoms with Gasteiger partial charge in [0.15, 0.2) is 0 Å². The number of aromatic amines is 1. The molecule has 0 saturated heterocycles. The number of hydrogen-bond donors (Lipinski definition) is 2. The Kier molecular flexibility index (Phi) is 6.87. The summed E-state index contributed by atoms with van der Waals surface area (Å²) in [5.74, 6) is 0.959. The number of rotatable bonds is 7. The molecule has 1 aliphatic rings. The van der Waals surface area contributed by atoms with Crippen LogP contribution in [0.4, 0.5) is 5.95 Å². The van der Waals surface area contributed by atoms with Crippen LogP contribution in [0.2, 0.25) is 5.02 Å². The molecule has 2 aromatic carbocycles. The molecule has 0 fully saturated rings. The molecule has 0 spiro atoms. The van der Waals surface area contributed by atoms with Crippen molar-refractivity contribution in [2.45, 2.75) is 39.5 Å². The van der Waals surface area contributed by atoms with Crippen LogP contribution in [-0.4, -0.2) is 33.7 Å². The van der Waals surface area contributed by atoms with Crippen LogP contribution in [0.3, 0.4) is 0 Å². The summed E-state index contributed by atoms with van der Waals surface area (Å²) in [6, 6.07) is 15.7. The van der Waals surface area contributed by atoms with Gasteiger partial charge in [0.25, 0.3) is 5.56 Å². The first-order valence-electron chi connectivity index (χ1n) is 10.6. The highest BCUT2D eigenvalue weighted by Crippen LogP contribution is 2.26. The van der Waals surface area contributed by atoms with Crippen molar-refractivity contribution in [3.05, 3.63) is 86.3 Å². The summed E-state index contributed by atoms with van der Waals surface area (Å²) in [5.41, 5.74) is 6.25. The second-order valence-corrected chi connectivity index (χ2v) is 8.42. The largest absolute Gasteiger partial charge is 0.489 e. The number of hydrazone groups is 1. The zero-order chi connectivity index (χ0) is 22.5. The molecule has 3 aromatic rings. The molecule has 0 saturated carbocycles. The lowest BCUT2D eigenvalue weighted by atomic mass is 10.1. The van der Waals surface area contributed by atoms with Crippen LogP contribution in [-0.2, 0) is 19.5 Å². The van der Waals surface area contributed by atoms with Gasteiger partial charge in [-0.05, 0) is 43.2 Å². The minimum Gasteiger partial charge on any atom is -0.489 e. The summed E-state index contributed by atoms with van der Waals surface area (Å²) in [6.07, 6.45) is 2.38. The molecular weight excluding hydrogens is 426 g/mol. The average molecular weight is 452 g/mol. The molecule has 2 N–H and O–H groups in total. The van der Waals surface area contributed by atoms with E-state index in [4.69, 9.17) is 16.3 Å². The number of nitrogens with one attached hydrogen (secondary N) is 2. The minimum absolute atomic E-state index is 0.0472. The first-order chi connectivity index (χ1) is 15.5. The van der Waals surface area contributed by atoms with E-state index in [1.165, 1.54) is 5.56 Å². The first kappa shape index (κ1) is 22.0. The number of fused-ring (bicyclic) bond motifs is 1. The Morgan fingerprint density at radius 1 is 1.28 bits per heavy atom. The van der Waals surface area contributed by atoms with Crippen molar-refractivity contribution >= 4 is 23.8 Å². The van der Waals surface area contributed by atoms with Crippen LogP contribution in [0.5, 0.6) is 5.75 Å². The Hall–Kier alpha value is -3.16. The van der Waals surface area contributed by atoms with E-state index < -0.39 is 0 Å². The van der Waals surface area contributed by atoms with Gasteiger partial charge in [-0.1, -0.05) is 41.9 Å². The molecule has 0 unspecified atom stereocenters. The topological polar surface area (TPSA) is 82.6 Å². The lowest BCUT2D eigenvalue weighted by Gasteiger charge is -2.27. The fraction of sp³-hybridized carbons (Fsp3) is 0.292. The number of anilines is 1.